The minimum atomic E-state index is 0.376. The van der Waals surface area contributed by atoms with Crippen molar-refractivity contribution in [3.63, 3.8) is 0 Å². The first kappa shape index (κ1) is 14.0. The molecule has 4 heteroatoms. The van der Waals surface area contributed by atoms with Crippen molar-refractivity contribution in [2.24, 2.45) is 0 Å². The number of hydrogen-bond donors (Lipinski definition) is 0. The number of hydrogen-bond acceptors (Lipinski definition) is 4. The second-order valence-corrected chi connectivity index (χ2v) is 5.46. The highest BCUT2D eigenvalue weighted by Gasteiger charge is 2.18. The maximum Gasteiger partial charge on any atom is 0.133 e. The Morgan fingerprint density at radius 3 is 2.53 bits per heavy atom. The van der Waals surface area contributed by atoms with Crippen LogP contribution in [-0.4, -0.2) is 47.6 Å². The first-order valence-corrected chi connectivity index (χ1v) is 7.04. The molecule has 19 heavy (non-hydrogen) atoms. The van der Waals surface area contributed by atoms with E-state index in [-0.39, 0.29) is 0 Å². The van der Waals surface area contributed by atoms with Gasteiger partial charge in [-0.15, -0.1) is 6.58 Å². The van der Waals surface area contributed by atoms with E-state index >= 15 is 0 Å². The minimum absolute atomic E-state index is 0.376. The number of aryl methyl sites for hydroxylation is 1. The van der Waals surface area contributed by atoms with Gasteiger partial charge in [0.15, 0.2) is 0 Å². The van der Waals surface area contributed by atoms with Crippen molar-refractivity contribution in [2.75, 3.05) is 37.6 Å². The van der Waals surface area contributed by atoms with E-state index in [9.17, 15) is 0 Å². The van der Waals surface area contributed by atoms with Crippen LogP contribution in [0.1, 0.15) is 31.3 Å². The second-order valence-electron chi connectivity index (χ2n) is 5.46. The van der Waals surface area contributed by atoms with Crippen molar-refractivity contribution in [3.05, 3.63) is 30.2 Å². The Kier molecular flexibility index (Phi) is 4.53. The van der Waals surface area contributed by atoms with Gasteiger partial charge in [-0.05, 0) is 6.92 Å². The van der Waals surface area contributed by atoms with Crippen molar-refractivity contribution in [1.29, 1.82) is 0 Å². The standard InChI is InChI=1S/C15H24N4/c1-5-6-18-7-9-19(10-8-18)14-11-13(4)16-15(17-14)12(2)3/h5,11-12H,1,6-10H2,2-4H3. The molecule has 0 radical (unpaired) electrons. The van der Waals surface area contributed by atoms with Crippen LogP contribution in [0.2, 0.25) is 0 Å². The highest BCUT2D eigenvalue weighted by molar-refractivity contribution is 5.40. The topological polar surface area (TPSA) is 32.3 Å². The van der Waals surface area contributed by atoms with Gasteiger partial charge in [0.2, 0.25) is 0 Å². The van der Waals surface area contributed by atoms with Gasteiger partial charge in [-0.3, -0.25) is 4.90 Å². The van der Waals surface area contributed by atoms with Crippen LogP contribution in [0.4, 0.5) is 5.82 Å². The van der Waals surface area contributed by atoms with E-state index < -0.39 is 0 Å². The van der Waals surface area contributed by atoms with E-state index in [2.05, 4.69) is 41.3 Å². The quantitative estimate of drug-likeness (QED) is 0.777. The van der Waals surface area contributed by atoms with Crippen LogP contribution in [0.25, 0.3) is 0 Å². The SMILES string of the molecule is C=CCN1CCN(c2cc(C)nc(C(C)C)n2)CC1. The summed E-state index contributed by atoms with van der Waals surface area (Å²) in [6.45, 7) is 15.3. The van der Waals surface area contributed by atoms with E-state index in [1.165, 1.54) is 0 Å². The van der Waals surface area contributed by atoms with E-state index in [0.717, 1.165) is 50.1 Å². The normalized spacial score (nSPS) is 16.9. The van der Waals surface area contributed by atoms with Gasteiger partial charge in [0.05, 0.1) is 0 Å². The lowest BCUT2D eigenvalue weighted by atomic mass is 10.2. The third-order valence-corrected chi connectivity index (χ3v) is 3.46. The monoisotopic (exact) mass is 260 g/mol. The first-order valence-electron chi connectivity index (χ1n) is 7.04. The van der Waals surface area contributed by atoms with Crippen LogP contribution in [0.5, 0.6) is 0 Å². The fourth-order valence-corrected chi connectivity index (χ4v) is 2.34. The Labute approximate surface area is 116 Å². The molecular weight excluding hydrogens is 236 g/mol. The van der Waals surface area contributed by atoms with Gasteiger partial charge in [-0.1, -0.05) is 19.9 Å². The van der Waals surface area contributed by atoms with Crippen LogP contribution in [0, 0.1) is 6.92 Å². The molecule has 0 unspecified atom stereocenters. The Balaban J connectivity index is 2.08. The molecule has 1 fully saturated rings. The molecule has 0 bridgehead atoms. The maximum absolute atomic E-state index is 4.70. The van der Waals surface area contributed by atoms with Crippen LogP contribution in [-0.2, 0) is 0 Å². The van der Waals surface area contributed by atoms with Gasteiger partial charge in [0, 0.05) is 50.4 Å². The predicted molar refractivity (Wildman–Crippen MR) is 79.7 cm³/mol. The number of aromatic nitrogens is 2. The van der Waals surface area contributed by atoms with Crippen molar-refractivity contribution < 1.29 is 0 Å². The van der Waals surface area contributed by atoms with E-state index in [1.54, 1.807) is 0 Å². The zero-order valence-corrected chi connectivity index (χ0v) is 12.3. The molecule has 1 aromatic rings. The van der Waals surface area contributed by atoms with Gasteiger partial charge in [-0.2, -0.15) is 0 Å². The zero-order chi connectivity index (χ0) is 13.8. The van der Waals surface area contributed by atoms with Gasteiger partial charge < -0.3 is 4.90 Å². The van der Waals surface area contributed by atoms with Gasteiger partial charge in [-0.25, -0.2) is 9.97 Å². The molecule has 0 N–H and O–H groups in total. The number of nitrogens with zero attached hydrogens (tertiary/aromatic N) is 4. The molecule has 1 aliphatic heterocycles. The summed E-state index contributed by atoms with van der Waals surface area (Å²) in [6.07, 6.45) is 1.97. The summed E-state index contributed by atoms with van der Waals surface area (Å²) in [5.74, 6) is 2.40. The Morgan fingerprint density at radius 1 is 1.26 bits per heavy atom. The summed E-state index contributed by atoms with van der Waals surface area (Å²) in [5, 5.41) is 0. The molecule has 0 spiro atoms. The van der Waals surface area contributed by atoms with Gasteiger partial charge in [0.25, 0.3) is 0 Å². The smallest absolute Gasteiger partial charge is 0.133 e. The largest absolute Gasteiger partial charge is 0.354 e. The molecule has 0 amide bonds. The average molecular weight is 260 g/mol. The summed E-state index contributed by atoms with van der Waals surface area (Å²) < 4.78 is 0. The minimum Gasteiger partial charge on any atom is -0.354 e. The molecule has 1 aliphatic rings. The van der Waals surface area contributed by atoms with Crippen LogP contribution >= 0.6 is 0 Å². The first-order chi connectivity index (χ1) is 9.10. The molecule has 1 aromatic heterocycles. The molecule has 4 nitrogen and oxygen atoms in total. The molecule has 0 saturated carbocycles. The molecule has 2 rings (SSSR count). The van der Waals surface area contributed by atoms with Gasteiger partial charge in [0.1, 0.15) is 11.6 Å². The Hall–Kier alpha value is -1.42. The fraction of sp³-hybridized carbons (Fsp3) is 0.600. The average Bonchev–Trinajstić information content (AvgIpc) is 2.39. The summed E-state index contributed by atoms with van der Waals surface area (Å²) >= 11 is 0. The van der Waals surface area contributed by atoms with Crippen molar-refractivity contribution in [3.8, 4) is 0 Å². The third kappa shape index (κ3) is 3.53. The molecule has 1 saturated heterocycles. The lowest BCUT2D eigenvalue weighted by molar-refractivity contribution is 0.283. The summed E-state index contributed by atoms with van der Waals surface area (Å²) in [6, 6.07) is 2.09. The Bertz CT molecular complexity index is 434. The maximum atomic E-state index is 4.70. The van der Waals surface area contributed by atoms with Gasteiger partial charge >= 0.3 is 0 Å². The second kappa shape index (κ2) is 6.15. The molecular formula is C15H24N4. The highest BCUT2D eigenvalue weighted by atomic mass is 15.3. The van der Waals surface area contributed by atoms with Crippen molar-refractivity contribution in [2.45, 2.75) is 26.7 Å². The summed E-state index contributed by atoms with van der Waals surface area (Å²) in [5.41, 5.74) is 1.06. The van der Waals surface area contributed by atoms with Crippen LogP contribution < -0.4 is 4.90 Å². The van der Waals surface area contributed by atoms with E-state index in [4.69, 9.17) is 4.98 Å². The fourth-order valence-electron chi connectivity index (χ4n) is 2.34. The molecule has 0 aromatic carbocycles. The number of anilines is 1. The molecule has 0 atom stereocenters. The van der Waals surface area contributed by atoms with Crippen LogP contribution in [0.15, 0.2) is 18.7 Å². The van der Waals surface area contributed by atoms with Crippen molar-refractivity contribution in [1.82, 2.24) is 14.9 Å². The third-order valence-electron chi connectivity index (χ3n) is 3.46. The van der Waals surface area contributed by atoms with Crippen molar-refractivity contribution >= 4 is 5.82 Å². The zero-order valence-electron chi connectivity index (χ0n) is 12.3. The molecule has 104 valence electrons. The molecule has 2 heterocycles. The Morgan fingerprint density at radius 2 is 1.95 bits per heavy atom. The van der Waals surface area contributed by atoms with Crippen LogP contribution in [0.3, 0.4) is 0 Å². The lowest BCUT2D eigenvalue weighted by Gasteiger charge is -2.35. The van der Waals surface area contributed by atoms with E-state index in [1.807, 2.05) is 13.0 Å². The predicted octanol–water partition coefficient (Wildman–Crippen LogP) is 2.22. The summed E-state index contributed by atoms with van der Waals surface area (Å²) in [7, 11) is 0. The number of piperazine rings is 1. The lowest BCUT2D eigenvalue weighted by Crippen LogP contribution is -2.46. The number of rotatable bonds is 4. The highest BCUT2D eigenvalue weighted by Crippen LogP contribution is 2.18. The van der Waals surface area contributed by atoms with E-state index in [0.29, 0.717) is 5.92 Å². The molecule has 0 aliphatic carbocycles. The summed E-state index contributed by atoms with van der Waals surface area (Å²) in [4.78, 5) is 14.0.